The van der Waals surface area contributed by atoms with Crippen LogP contribution in [0, 0.1) is 5.92 Å². The van der Waals surface area contributed by atoms with Gasteiger partial charge in [-0.1, -0.05) is 26.7 Å². The average molecular weight is 128 g/mol. The first-order chi connectivity index (χ1) is 4.16. The van der Waals surface area contributed by atoms with Crippen LogP contribution in [0.4, 0.5) is 0 Å². The first-order valence-corrected chi connectivity index (χ1v) is 3.66. The molecule has 1 heteroatoms. The maximum absolute atomic E-state index is 10.5. The Labute approximate surface area is 57.5 Å². The summed E-state index contributed by atoms with van der Waals surface area (Å²) >= 11 is 0. The van der Waals surface area contributed by atoms with Crippen molar-refractivity contribution in [1.82, 2.24) is 0 Å². The molecule has 54 valence electrons. The van der Waals surface area contributed by atoms with Gasteiger partial charge in [-0.05, 0) is 12.8 Å². The summed E-state index contributed by atoms with van der Waals surface area (Å²) in [6, 6.07) is 0. The largest absolute Gasteiger partial charge is 0.300 e. The predicted molar refractivity (Wildman–Crippen MR) is 39.4 cm³/mol. The van der Waals surface area contributed by atoms with E-state index >= 15 is 0 Å². The van der Waals surface area contributed by atoms with Gasteiger partial charge in [0.25, 0.3) is 0 Å². The van der Waals surface area contributed by atoms with Gasteiger partial charge in [-0.3, -0.25) is 0 Å². The molecular weight excluding hydrogens is 112 g/mol. The Morgan fingerprint density at radius 3 is 2.44 bits per heavy atom. The van der Waals surface area contributed by atoms with Crippen molar-refractivity contribution < 1.29 is 4.79 Å². The Morgan fingerprint density at radius 1 is 1.56 bits per heavy atom. The Morgan fingerprint density at radius 2 is 2.11 bits per heavy atom. The van der Waals surface area contributed by atoms with E-state index in [9.17, 15) is 4.79 Å². The first kappa shape index (κ1) is 8.67. The summed E-state index contributed by atoms with van der Waals surface area (Å²) in [5.41, 5.74) is 0. The van der Waals surface area contributed by atoms with Crippen LogP contribution >= 0.6 is 0 Å². The van der Waals surface area contributed by atoms with Crippen molar-refractivity contribution in [2.24, 2.45) is 5.92 Å². The molecule has 0 spiro atoms. The summed E-state index contributed by atoms with van der Waals surface area (Å²) in [6.07, 6.45) is 3.13. The minimum Gasteiger partial charge on any atom is -0.300 e. The van der Waals surface area contributed by atoms with Gasteiger partial charge in [0.2, 0.25) is 0 Å². The van der Waals surface area contributed by atoms with Crippen molar-refractivity contribution in [2.45, 2.75) is 40.0 Å². The van der Waals surface area contributed by atoms with E-state index in [2.05, 4.69) is 13.8 Å². The number of hydrogen-bond acceptors (Lipinski definition) is 1. The van der Waals surface area contributed by atoms with Gasteiger partial charge in [0.1, 0.15) is 5.78 Å². The molecule has 0 radical (unpaired) electrons. The minimum atomic E-state index is 0.316. The molecular formula is C8H16O. The van der Waals surface area contributed by atoms with Gasteiger partial charge in [-0.25, -0.2) is 0 Å². The van der Waals surface area contributed by atoms with E-state index < -0.39 is 0 Å². The minimum absolute atomic E-state index is 0.316. The van der Waals surface area contributed by atoms with Crippen molar-refractivity contribution in [3.05, 3.63) is 0 Å². The van der Waals surface area contributed by atoms with Gasteiger partial charge in [-0.15, -0.1) is 0 Å². The Hall–Kier alpha value is -0.330. The monoisotopic (exact) mass is 128 g/mol. The predicted octanol–water partition coefficient (Wildman–Crippen LogP) is 2.40. The molecule has 0 aromatic heterocycles. The molecule has 0 aromatic rings. The van der Waals surface area contributed by atoms with E-state index in [1.807, 2.05) is 0 Å². The van der Waals surface area contributed by atoms with E-state index in [1.165, 1.54) is 12.8 Å². The molecule has 0 saturated heterocycles. The second-order valence-corrected chi connectivity index (χ2v) is 2.80. The van der Waals surface area contributed by atoms with Gasteiger partial charge >= 0.3 is 0 Å². The molecule has 0 amide bonds. The van der Waals surface area contributed by atoms with Crippen LogP contribution in [0.25, 0.3) is 0 Å². The highest BCUT2D eigenvalue weighted by Gasteiger charge is 2.02. The number of carbonyl (C=O) groups excluding carboxylic acids is 1. The maximum Gasteiger partial charge on any atom is 0.130 e. The van der Waals surface area contributed by atoms with Crippen molar-refractivity contribution in [1.29, 1.82) is 0 Å². The fourth-order valence-electron chi connectivity index (χ4n) is 1.09. The smallest absolute Gasteiger partial charge is 0.130 e. The van der Waals surface area contributed by atoms with Crippen LogP contribution in [0.1, 0.15) is 40.0 Å². The molecule has 0 heterocycles. The number of Topliss-reactive ketones (excluding diaryl/α,β-unsaturated/α-hetero) is 1. The van der Waals surface area contributed by atoms with Gasteiger partial charge in [0.05, 0.1) is 0 Å². The number of ketones is 1. The second-order valence-electron chi connectivity index (χ2n) is 2.80. The Bertz CT molecular complexity index is 86.6. The summed E-state index contributed by atoms with van der Waals surface area (Å²) in [7, 11) is 0. The highest BCUT2D eigenvalue weighted by Crippen LogP contribution is 2.09. The van der Waals surface area contributed by atoms with Gasteiger partial charge in [-0.2, -0.15) is 0 Å². The van der Waals surface area contributed by atoms with Crippen molar-refractivity contribution >= 4 is 5.78 Å². The molecule has 0 fully saturated rings. The van der Waals surface area contributed by atoms with Crippen LogP contribution in [0.3, 0.4) is 0 Å². The SMILES string of the molecule is CCCC(C)CC(C)=O. The van der Waals surface area contributed by atoms with Crippen LogP contribution in [0.15, 0.2) is 0 Å². The van der Waals surface area contributed by atoms with Gasteiger partial charge in [0.15, 0.2) is 0 Å². The third kappa shape index (κ3) is 5.54. The Balaban J connectivity index is 3.26. The van der Waals surface area contributed by atoms with E-state index in [4.69, 9.17) is 0 Å². The van der Waals surface area contributed by atoms with Crippen LogP contribution in [0.2, 0.25) is 0 Å². The lowest BCUT2D eigenvalue weighted by molar-refractivity contribution is -0.117. The molecule has 0 aliphatic rings. The molecule has 1 unspecified atom stereocenters. The fourth-order valence-corrected chi connectivity index (χ4v) is 1.09. The van der Waals surface area contributed by atoms with Crippen molar-refractivity contribution in [3.8, 4) is 0 Å². The molecule has 0 aliphatic carbocycles. The zero-order valence-electron chi connectivity index (χ0n) is 6.61. The maximum atomic E-state index is 10.5. The second kappa shape index (κ2) is 4.54. The van der Waals surface area contributed by atoms with E-state index in [1.54, 1.807) is 6.92 Å². The zero-order valence-corrected chi connectivity index (χ0v) is 6.61. The number of rotatable bonds is 4. The fraction of sp³-hybridized carbons (Fsp3) is 0.875. The topological polar surface area (TPSA) is 17.1 Å². The highest BCUT2D eigenvalue weighted by molar-refractivity contribution is 5.75. The number of carbonyl (C=O) groups is 1. The molecule has 0 rings (SSSR count). The normalized spacial score (nSPS) is 13.2. The lowest BCUT2D eigenvalue weighted by atomic mass is 10.0. The van der Waals surface area contributed by atoms with Crippen LogP contribution < -0.4 is 0 Å². The van der Waals surface area contributed by atoms with Crippen molar-refractivity contribution in [2.75, 3.05) is 0 Å². The molecule has 0 N–H and O–H groups in total. The van der Waals surface area contributed by atoms with Crippen LogP contribution in [0.5, 0.6) is 0 Å². The van der Waals surface area contributed by atoms with Crippen LogP contribution in [-0.2, 0) is 4.79 Å². The number of hydrogen-bond donors (Lipinski definition) is 0. The summed E-state index contributed by atoms with van der Waals surface area (Å²) in [5, 5.41) is 0. The molecule has 0 bridgehead atoms. The first-order valence-electron chi connectivity index (χ1n) is 3.66. The highest BCUT2D eigenvalue weighted by atomic mass is 16.1. The van der Waals surface area contributed by atoms with E-state index in [0.29, 0.717) is 11.7 Å². The van der Waals surface area contributed by atoms with Crippen LogP contribution in [-0.4, -0.2) is 5.78 Å². The van der Waals surface area contributed by atoms with Crippen molar-refractivity contribution in [3.63, 3.8) is 0 Å². The average Bonchev–Trinajstić information content (AvgIpc) is 1.63. The molecule has 1 atom stereocenters. The standard InChI is InChI=1S/C8H16O/c1-4-5-7(2)6-8(3)9/h7H,4-6H2,1-3H3. The third-order valence-corrected chi connectivity index (χ3v) is 1.42. The molecule has 0 aromatic carbocycles. The summed E-state index contributed by atoms with van der Waals surface area (Å²) < 4.78 is 0. The summed E-state index contributed by atoms with van der Waals surface area (Å²) in [5.74, 6) is 0.906. The molecule has 1 nitrogen and oxygen atoms in total. The third-order valence-electron chi connectivity index (χ3n) is 1.42. The molecule has 9 heavy (non-hydrogen) atoms. The van der Waals surface area contributed by atoms with E-state index in [-0.39, 0.29) is 0 Å². The summed E-state index contributed by atoms with van der Waals surface area (Å²) in [6.45, 7) is 5.94. The van der Waals surface area contributed by atoms with Gasteiger partial charge in [0, 0.05) is 6.42 Å². The zero-order chi connectivity index (χ0) is 7.28. The molecule has 0 aliphatic heterocycles. The lowest BCUT2D eigenvalue weighted by Crippen LogP contribution is -2.00. The van der Waals surface area contributed by atoms with E-state index in [0.717, 1.165) is 6.42 Å². The van der Waals surface area contributed by atoms with Gasteiger partial charge < -0.3 is 4.79 Å². The quantitative estimate of drug-likeness (QED) is 0.568. The lowest BCUT2D eigenvalue weighted by Gasteiger charge is -2.04. The molecule has 0 saturated carbocycles. The Kier molecular flexibility index (Phi) is 4.37. The summed E-state index contributed by atoms with van der Waals surface area (Å²) in [4.78, 5) is 10.5.